The first kappa shape index (κ1) is 30.5. The fourth-order valence-corrected chi connectivity index (χ4v) is 4.09. The van der Waals surface area contributed by atoms with Crippen molar-refractivity contribution in [2.24, 2.45) is 0 Å². The maximum atomic E-state index is 13.3. The van der Waals surface area contributed by atoms with Gasteiger partial charge in [0.05, 0.1) is 6.54 Å². The van der Waals surface area contributed by atoms with Crippen molar-refractivity contribution in [1.29, 1.82) is 0 Å². The molecule has 216 valence electrons. The van der Waals surface area contributed by atoms with E-state index in [0.29, 0.717) is 12.5 Å². The van der Waals surface area contributed by atoms with Crippen LogP contribution in [-0.2, 0) is 11.8 Å². The molecule has 0 aliphatic carbocycles. The molecule has 0 saturated heterocycles. The highest BCUT2D eigenvalue weighted by atomic mass is 19.4. The van der Waals surface area contributed by atoms with Crippen molar-refractivity contribution in [1.82, 2.24) is 10.6 Å². The number of amides is 2. The van der Waals surface area contributed by atoms with Gasteiger partial charge in [0.25, 0.3) is 5.92 Å². The van der Waals surface area contributed by atoms with Gasteiger partial charge in [0, 0.05) is 18.9 Å². The van der Waals surface area contributed by atoms with Gasteiger partial charge in [-0.3, -0.25) is 0 Å². The molecule has 0 heterocycles. The normalized spacial score (nSPS) is 12.5. The predicted molar refractivity (Wildman–Crippen MR) is 129 cm³/mol. The Bertz CT molecular complexity index is 1220. The van der Waals surface area contributed by atoms with E-state index in [9.17, 15) is 39.9 Å². The van der Waals surface area contributed by atoms with Crippen molar-refractivity contribution in [3.63, 3.8) is 0 Å². The summed E-state index contributed by atoms with van der Waals surface area (Å²) in [4.78, 5) is 12.5. The van der Waals surface area contributed by atoms with Gasteiger partial charge in [-0.05, 0) is 47.4 Å². The summed E-state index contributed by atoms with van der Waals surface area (Å²) in [5.41, 5.74) is -0.663. The van der Waals surface area contributed by atoms with E-state index in [2.05, 4.69) is 14.8 Å². The maximum absolute atomic E-state index is 13.3. The Labute approximate surface area is 224 Å². The van der Waals surface area contributed by atoms with Crippen LogP contribution in [-0.4, -0.2) is 37.8 Å². The zero-order valence-electron chi connectivity index (χ0n) is 20.9. The number of carbonyl (C=O) groups excluding carboxylic acids is 1. The summed E-state index contributed by atoms with van der Waals surface area (Å²) in [5.74, 6) is -4.45. The van der Waals surface area contributed by atoms with Crippen molar-refractivity contribution < 1.29 is 49.4 Å². The highest BCUT2D eigenvalue weighted by Crippen LogP contribution is 2.39. The number of hydrogen-bond acceptors (Lipinski definition) is 3. The van der Waals surface area contributed by atoms with E-state index >= 15 is 0 Å². The van der Waals surface area contributed by atoms with Gasteiger partial charge in [-0.1, -0.05) is 54.6 Å². The van der Waals surface area contributed by atoms with Crippen LogP contribution in [0.4, 0.5) is 39.9 Å². The minimum Gasteiger partial charge on any atom is -0.406 e. The molecule has 0 fully saturated rings. The van der Waals surface area contributed by atoms with Crippen LogP contribution in [0.25, 0.3) is 0 Å². The van der Waals surface area contributed by atoms with Gasteiger partial charge < -0.3 is 20.1 Å². The molecule has 3 aromatic carbocycles. The Morgan fingerprint density at radius 1 is 0.675 bits per heavy atom. The van der Waals surface area contributed by atoms with Crippen LogP contribution >= 0.6 is 0 Å². The molecule has 2 N–H and O–H groups in total. The van der Waals surface area contributed by atoms with Gasteiger partial charge in [0.2, 0.25) is 0 Å². The zero-order valence-corrected chi connectivity index (χ0v) is 20.9. The summed E-state index contributed by atoms with van der Waals surface area (Å²) < 4.78 is 113. The number of hydrogen-bond donors (Lipinski definition) is 2. The Morgan fingerprint density at radius 3 is 1.60 bits per heavy atom. The molecule has 0 bridgehead atoms. The number of ether oxygens (including phenoxy) is 2. The highest BCUT2D eigenvalue weighted by molar-refractivity contribution is 5.74. The topological polar surface area (TPSA) is 59.6 Å². The first-order chi connectivity index (χ1) is 18.5. The molecular weight excluding hydrogens is 552 g/mol. The number of benzene rings is 3. The monoisotopic (exact) mass is 576 g/mol. The van der Waals surface area contributed by atoms with Gasteiger partial charge >= 0.3 is 18.8 Å². The molecule has 0 saturated carbocycles. The van der Waals surface area contributed by atoms with Gasteiger partial charge in [0.1, 0.15) is 11.5 Å². The van der Waals surface area contributed by atoms with Crippen molar-refractivity contribution in [2.45, 2.75) is 37.4 Å². The Hall–Kier alpha value is -4.03. The molecule has 0 spiro atoms. The largest absolute Gasteiger partial charge is 0.573 e. The second-order valence-electron chi connectivity index (χ2n) is 9.00. The second-order valence-corrected chi connectivity index (χ2v) is 9.00. The van der Waals surface area contributed by atoms with Crippen LogP contribution in [0.2, 0.25) is 0 Å². The van der Waals surface area contributed by atoms with Crippen LogP contribution in [0.3, 0.4) is 0 Å². The van der Waals surface area contributed by atoms with E-state index < -0.39 is 54.7 Å². The molecule has 5 nitrogen and oxygen atoms in total. The minimum atomic E-state index is -5.04. The number of urea groups is 1. The number of nitrogens with one attached hydrogen (secondary N) is 2. The molecule has 0 aliphatic heterocycles. The molecule has 0 radical (unpaired) electrons. The SMILES string of the molecule is CC(F)(F)CNC(=O)NCC(Cc1ccccc1)(c1cccc(OC(F)(F)F)c1)c1cccc(OC(F)(F)F)c1. The first-order valence-corrected chi connectivity index (χ1v) is 11.7. The fraction of sp³-hybridized carbons (Fsp3) is 0.296. The molecule has 0 aliphatic rings. The summed E-state index contributed by atoms with van der Waals surface area (Å²) >= 11 is 0. The van der Waals surface area contributed by atoms with E-state index in [-0.39, 0.29) is 17.5 Å². The molecule has 2 amide bonds. The molecule has 0 unspecified atom stereocenters. The van der Waals surface area contributed by atoms with Crippen molar-refractivity contribution in [3.8, 4) is 11.5 Å². The molecule has 3 rings (SSSR count). The maximum Gasteiger partial charge on any atom is 0.573 e. The number of rotatable bonds is 10. The quantitative estimate of drug-likeness (QED) is 0.257. The third-order valence-corrected chi connectivity index (χ3v) is 5.70. The average Bonchev–Trinajstić information content (AvgIpc) is 2.84. The van der Waals surface area contributed by atoms with E-state index in [0.717, 1.165) is 24.3 Å². The first-order valence-electron chi connectivity index (χ1n) is 11.7. The van der Waals surface area contributed by atoms with Crippen LogP contribution in [0.5, 0.6) is 11.5 Å². The van der Waals surface area contributed by atoms with Gasteiger partial charge in [-0.25, -0.2) is 13.6 Å². The Morgan fingerprint density at radius 2 is 1.15 bits per heavy atom. The lowest BCUT2D eigenvalue weighted by Crippen LogP contribution is -2.48. The van der Waals surface area contributed by atoms with Crippen molar-refractivity contribution in [3.05, 3.63) is 95.6 Å². The minimum absolute atomic E-state index is 0.0387. The average molecular weight is 576 g/mol. The molecule has 40 heavy (non-hydrogen) atoms. The summed E-state index contributed by atoms with van der Waals surface area (Å²) in [5, 5.41) is 4.44. The fourth-order valence-electron chi connectivity index (χ4n) is 4.09. The van der Waals surface area contributed by atoms with E-state index in [1.54, 1.807) is 30.3 Å². The summed E-state index contributed by atoms with van der Waals surface area (Å²) in [6, 6.07) is 16.9. The van der Waals surface area contributed by atoms with Crippen LogP contribution in [0.1, 0.15) is 23.6 Å². The molecule has 13 heteroatoms. The lowest BCUT2D eigenvalue weighted by atomic mass is 9.70. The van der Waals surface area contributed by atoms with Gasteiger partial charge in [-0.15, -0.1) is 26.3 Å². The third kappa shape index (κ3) is 9.31. The van der Waals surface area contributed by atoms with Crippen LogP contribution < -0.4 is 20.1 Å². The lowest BCUT2D eigenvalue weighted by molar-refractivity contribution is -0.275. The summed E-state index contributed by atoms with van der Waals surface area (Å²) in [6.07, 6.45) is -10.1. The highest BCUT2D eigenvalue weighted by Gasteiger charge is 2.38. The van der Waals surface area contributed by atoms with Crippen LogP contribution in [0.15, 0.2) is 78.9 Å². The van der Waals surface area contributed by atoms with E-state index in [1.165, 1.54) is 24.3 Å². The van der Waals surface area contributed by atoms with Crippen molar-refractivity contribution in [2.75, 3.05) is 13.1 Å². The summed E-state index contributed by atoms with van der Waals surface area (Å²) in [6.45, 7) is -0.840. The Balaban J connectivity index is 2.16. The predicted octanol–water partition coefficient (Wildman–Crippen LogP) is 6.97. The Kier molecular flexibility index (Phi) is 9.16. The molecule has 0 aromatic heterocycles. The van der Waals surface area contributed by atoms with Crippen LogP contribution in [0, 0.1) is 0 Å². The number of alkyl halides is 8. The standard InChI is InChI=1S/C27H24F8N2O3/c1-24(28,29)16-36-23(38)37-17-25(15-18-7-3-2-4-8-18,19-9-5-11-21(13-19)39-26(30,31)32)20-10-6-12-22(14-20)40-27(33,34)35/h2-14H,15-17H2,1H3,(H2,36,37,38). The van der Waals surface area contributed by atoms with Crippen molar-refractivity contribution >= 4 is 6.03 Å². The summed E-state index contributed by atoms with van der Waals surface area (Å²) in [7, 11) is 0. The number of carbonyl (C=O) groups is 1. The van der Waals surface area contributed by atoms with Gasteiger partial charge in [0.15, 0.2) is 0 Å². The molecular formula is C27H24F8N2O3. The number of halogens is 8. The smallest absolute Gasteiger partial charge is 0.406 e. The zero-order chi connectivity index (χ0) is 29.6. The van der Waals surface area contributed by atoms with Gasteiger partial charge in [-0.2, -0.15) is 0 Å². The molecule has 0 atom stereocenters. The molecule has 3 aromatic rings. The second kappa shape index (κ2) is 12.0. The third-order valence-electron chi connectivity index (χ3n) is 5.70. The lowest BCUT2D eigenvalue weighted by Gasteiger charge is -2.36. The van der Waals surface area contributed by atoms with E-state index in [4.69, 9.17) is 0 Å². The van der Waals surface area contributed by atoms with E-state index in [1.807, 2.05) is 5.32 Å².